The smallest absolute Gasteiger partial charge is 0.230 e. The molecule has 9 heavy (non-hydrogen) atoms. The van der Waals surface area contributed by atoms with Gasteiger partial charge >= 0.3 is 0 Å². The molecule has 0 atom stereocenters. The van der Waals surface area contributed by atoms with Crippen molar-refractivity contribution >= 4 is 5.96 Å². The molecule has 0 fully saturated rings. The Balaban J connectivity index is 3.21. The Morgan fingerprint density at radius 3 is 2.89 bits per heavy atom. The minimum Gasteiger partial charge on any atom is -0.392 e. The van der Waals surface area contributed by atoms with Gasteiger partial charge in [-0.15, -0.1) is 0 Å². The maximum absolute atomic E-state index is 5.19. The fourth-order valence-corrected chi connectivity index (χ4v) is 0.214. The van der Waals surface area contributed by atoms with Gasteiger partial charge in [0.15, 0.2) is 0 Å². The molecule has 5 nitrogen and oxygen atoms in total. The Bertz CT molecular complexity index is 92.6. The van der Waals surface area contributed by atoms with E-state index in [1.807, 2.05) is 0 Å². The second-order valence-electron chi connectivity index (χ2n) is 1.35. The lowest BCUT2D eigenvalue weighted by atomic mass is 10.8. The molecule has 5 heteroatoms. The summed E-state index contributed by atoms with van der Waals surface area (Å²) in [4.78, 5) is 4.61. The van der Waals surface area contributed by atoms with Crippen LogP contribution < -0.4 is 16.8 Å². The largest absolute Gasteiger partial charge is 0.392 e. The van der Waals surface area contributed by atoms with E-state index in [0.29, 0.717) is 13.2 Å². The molecule has 0 aliphatic carbocycles. The van der Waals surface area contributed by atoms with Gasteiger partial charge in [-0.05, 0) is 5.16 Å². The molecule has 0 unspecified atom stereocenters. The van der Waals surface area contributed by atoms with Crippen molar-refractivity contribution < 1.29 is 4.84 Å². The van der Waals surface area contributed by atoms with Crippen molar-refractivity contribution in [3.8, 4) is 0 Å². The molecule has 0 rings (SSSR count). The van der Waals surface area contributed by atoms with Gasteiger partial charge in [-0.2, -0.15) is 0 Å². The number of hydrogen-bond donors (Lipinski definition) is 3. The average Bonchev–Trinajstić information content (AvgIpc) is 1.89. The van der Waals surface area contributed by atoms with E-state index >= 15 is 0 Å². The fourth-order valence-electron chi connectivity index (χ4n) is 0.214. The third kappa shape index (κ3) is 4.89. The summed E-state index contributed by atoms with van der Waals surface area (Å²) in [5.74, 6) is 0.253. The summed E-state index contributed by atoms with van der Waals surface area (Å²) in [5.41, 5.74) is 10.3. The second-order valence-corrected chi connectivity index (χ2v) is 1.35. The summed E-state index contributed by atoms with van der Waals surface area (Å²) < 4.78 is 0. The Hall–Kier alpha value is -0.970. The number of rotatable bonds is 3. The van der Waals surface area contributed by atoms with Crippen LogP contribution in [0.4, 0.5) is 0 Å². The molecule has 5 N–H and O–H groups in total. The van der Waals surface area contributed by atoms with E-state index < -0.39 is 0 Å². The molecule has 54 valence electrons. The third-order valence-corrected chi connectivity index (χ3v) is 0.628. The van der Waals surface area contributed by atoms with Crippen LogP contribution in [-0.2, 0) is 4.84 Å². The van der Waals surface area contributed by atoms with Gasteiger partial charge in [-0.25, -0.2) is 0 Å². The van der Waals surface area contributed by atoms with E-state index in [1.165, 1.54) is 0 Å². The van der Waals surface area contributed by atoms with Crippen LogP contribution in [0.2, 0.25) is 0 Å². The predicted octanol–water partition coefficient (Wildman–Crippen LogP) is -1.59. The van der Waals surface area contributed by atoms with Gasteiger partial charge in [-0.3, -0.25) is 0 Å². The summed E-state index contributed by atoms with van der Waals surface area (Å²) in [5, 5.41) is 6.02. The Labute approximate surface area is 54.0 Å². The highest BCUT2D eigenvalue weighted by molar-refractivity contribution is 5.76. The molecule has 0 aliphatic heterocycles. The maximum Gasteiger partial charge on any atom is 0.230 e. The number of nitrogens with two attached hydrogens (primary N) is 2. The Morgan fingerprint density at radius 1 is 1.78 bits per heavy atom. The zero-order chi connectivity index (χ0) is 7.11. The fraction of sp³-hybridized carbons (Fsp3) is 0.750. The van der Waals surface area contributed by atoms with Crippen LogP contribution in [0.25, 0.3) is 0 Å². The third-order valence-electron chi connectivity index (χ3n) is 0.628. The van der Waals surface area contributed by atoms with E-state index in [-0.39, 0.29) is 5.96 Å². The van der Waals surface area contributed by atoms with Crippen molar-refractivity contribution in [1.29, 1.82) is 0 Å². The van der Waals surface area contributed by atoms with E-state index in [1.54, 1.807) is 7.05 Å². The minimum atomic E-state index is 0.253. The van der Waals surface area contributed by atoms with E-state index in [4.69, 9.17) is 11.5 Å². The van der Waals surface area contributed by atoms with Crippen molar-refractivity contribution in [2.45, 2.75) is 0 Å². The van der Waals surface area contributed by atoms with Gasteiger partial charge in [0.05, 0.1) is 0 Å². The van der Waals surface area contributed by atoms with Crippen molar-refractivity contribution in [3.05, 3.63) is 0 Å². The van der Waals surface area contributed by atoms with Crippen molar-refractivity contribution in [2.75, 3.05) is 20.2 Å². The van der Waals surface area contributed by atoms with E-state index in [9.17, 15) is 0 Å². The maximum atomic E-state index is 5.19. The molecule has 0 aromatic carbocycles. The highest BCUT2D eigenvalue weighted by Crippen LogP contribution is 1.70. The van der Waals surface area contributed by atoms with E-state index in [2.05, 4.69) is 15.3 Å². The molecular formula is C4H12N4O. The standard InChI is InChI=1S/C4H12N4O/c1-7-4(6)8-9-3-2-5/h2-3,5H2,1H3,(H3,6,7,8). The monoisotopic (exact) mass is 132 g/mol. The molecular weight excluding hydrogens is 120 g/mol. The van der Waals surface area contributed by atoms with Gasteiger partial charge in [0.1, 0.15) is 6.61 Å². The Kier molecular flexibility index (Phi) is 4.61. The number of nitrogens with one attached hydrogen (secondary N) is 1. The van der Waals surface area contributed by atoms with Crippen LogP contribution in [0.15, 0.2) is 5.16 Å². The molecule has 0 aliphatic rings. The van der Waals surface area contributed by atoms with Crippen molar-refractivity contribution in [2.24, 2.45) is 16.6 Å². The molecule has 0 aromatic rings. The number of nitrogens with zero attached hydrogens (tertiary/aromatic N) is 1. The van der Waals surface area contributed by atoms with E-state index in [0.717, 1.165) is 0 Å². The lowest BCUT2D eigenvalue weighted by Gasteiger charge is -1.97. The summed E-state index contributed by atoms with van der Waals surface area (Å²) in [7, 11) is 1.66. The number of oxime groups is 1. The van der Waals surface area contributed by atoms with Crippen LogP contribution in [0.3, 0.4) is 0 Å². The van der Waals surface area contributed by atoms with Gasteiger partial charge in [0.2, 0.25) is 5.96 Å². The lowest BCUT2D eigenvalue weighted by molar-refractivity contribution is 0.151. The van der Waals surface area contributed by atoms with Gasteiger partial charge < -0.3 is 21.6 Å². The highest BCUT2D eigenvalue weighted by atomic mass is 16.6. The first kappa shape index (κ1) is 8.03. The quantitative estimate of drug-likeness (QED) is 0.187. The van der Waals surface area contributed by atoms with Crippen molar-refractivity contribution in [3.63, 3.8) is 0 Å². The zero-order valence-corrected chi connectivity index (χ0v) is 5.42. The molecule has 0 saturated heterocycles. The van der Waals surface area contributed by atoms with Gasteiger partial charge in [0, 0.05) is 13.6 Å². The molecule has 0 amide bonds. The SMILES string of the molecule is CNC(N)=NOCCN. The summed E-state index contributed by atoms with van der Waals surface area (Å²) >= 11 is 0. The lowest BCUT2D eigenvalue weighted by Crippen LogP contribution is -2.28. The summed E-state index contributed by atoms with van der Waals surface area (Å²) in [6, 6.07) is 0. The highest BCUT2D eigenvalue weighted by Gasteiger charge is 1.82. The van der Waals surface area contributed by atoms with Crippen molar-refractivity contribution in [1.82, 2.24) is 5.32 Å². The van der Waals surface area contributed by atoms with Crippen LogP contribution >= 0.6 is 0 Å². The predicted molar refractivity (Wildman–Crippen MR) is 35.7 cm³/mol. The van der Waals surface area contributed by atoms with Crippen LogP contribution in [0, 0.1) is 0 Å². The molecule has 0 spiro atoms. The Morgan fingerprint density at radius 2 is 2.44 bits per heavy atom. The average molecular weight is 132 g/mol. The minimum absolute atomic E-state index is 0.253. The van der Waals surface area contributed by atoms with Crippen LogP contribution in [0.1, 0.15) is 0 Å². The second kappa shape index (κ2) is 5.17. The molecule has 0 aromatic heterocycles. The first-order chi connectivity index (χ1) is 4.31. The first-order valence-electron chi connectivity index (χ1n) is 2.64. The zero-order valence-electron chi connectivity index (χ0n) is 5.42. The summed E-state index contributed by atoms with van der Waals surface area (Å²) in [6.45, 7) is 0.836. The van der Waals surface area contributed by atoms with Gasteiger partial charge in [0.25, 0.3) is 0 Å². The number of guanidine groups is 1. The van der Waals surface area contributed by atoms with Gasteiger partial charge in [-0.1, -0.05) is 0 Å². The molecule has 0 saturated carbocycles. The number of hydrogen-bond acceptors (Lipinski definition) is 3. The molecule has 0 heterocycles. The summed E-state index contributed by atoms with van der Waals surface area (Å²) in [6.07, 6.45) is 0. The van der Waals surface area contributed by atoms with Crippen LogP contribution in [-0.4, -0.2) is 26.2 Å². The topological polar surface area (TPSA) is 85.7 Å². The first-order valence-corrected chi connectivity index (χ1v) is 2.64. The molecule has 0 radical (unpaired) electrons. The van der Waals surface area contributed by atoms with Crippen LogP contribution in [0.5, 0.6) is 0 Å². The molecule has 0 bridgehead atoms. The normalized spacial score (nSPS) is 11.1.